The van der Waals surface area contributed by atoms with Crippen LogP contribution in [-0.4, -0.2) is 22.4 Å². The molecule has 0 bridgehead atoms. The second-order valence-corrected chi connectivity index (χ2v) is 4.06. The third kappa shape index (κ3) is 1.30. The van der Waals surface area contributed by atoms with Crippen molar-refractivity contribution in [3.63, 3.8) is 0 Å². The molecule has 11 heavy (non-hydrogen) atoms. The van der Waals surface area contributed by atoms with Crippen molar-refractivity contribution >= 4 is 0 Å². The molecule has 0 amide bonds. The Kier molecular flexibility index (Phi) is 1.90. The highest BCUT2D eigenvalue weighted by Gasteiger charge is 2.37. The molecule has 0 aromatic carbocycles. The van der Waals surface area contributed by atoms with Gasteiger partial charge in [0.25, 0.3) is 0 Å². The van der Waals surface area contributed by atoms with Gasteiger partial charge in [-0.25, -0.2) is 0 Å². The lowest BCUT2D eigenvalue weighted by Crippen LogP contribution is -2.36. The van der Waals surface area contributed by atoms with Crippen LogP contribution >= 0.6 is 0 Å². The largest absolute Gasteiger partial charge is 0.390 e. The zero-order valence-electron chi connectivity index (χ0n) is 6.74. The summed E-state index contributed by atoms with van der Waals surface area (Å²) in [6.07, 6.45) is 4.65. The normalized spacial score (nSPS) is 50.7. The highest BCUT2D eigenvalue weighted by Crippen LogP contribution is 2.41. The van der Waals surface area contributed by atoms with Crippen molar-refractivity contribution < 1.29 is 10.2 Å². The molecule has 0 spiro atoms. The lowest BCUT2D eigenvalue weighted by Gasteiger charge is -2.32. The third-order valence-electron chi connectivity index (χ3n) is 3.35. The molecule has 64 valence electrons. The summed E-state index contributed by atoms with van der Waals surface area (Å²) < 4.78 is 0. The fraction of sp³-hybridized carbons (Fsp3) is 1.00. The van der Waals surface area contributed by atoms with E-state index in [1.54, 1.807) is 0 Å². The zero-order valence-corrected chi connectivity index (χ0v) is 6.74. The Hall–Kier alpha value is -0.0800. The van der Waals surface area contributed by atoms with E-state index in [-0.39, 0.29) is 0 Å². The quantitative estimate of drug-likeness (QED) is 0.547. The molecule has 0 aromatic rings. The number of rotatable bonds is 0. The summed E-state index contributed by atoms with van der Waals surface area (Å²) in [5.41, 5.74) is 0. The van der Waals surface area contributed by atoms with Crippen LogP contribution in [0.3, 0.4) is 0 Å². The second-order valence-electron chi connectivity index (χ2n) is 4.06. The molecular weight excluding hydrogens is 140 g/mol. The predicted molar refractivity (Wildman–Crippen MR) is 42.1 cm³/mol. The highest BCUT2D eigenvalue weighted by molar-refractivity contribution is 4.88. The van der Waals surface area contributed by atoms with Gasteiger partial charge in [-0.05, 0) is 24.7 Å². The van der Waals surface area contributed by atoms with Crippen LogP contribution in [0, 0.1) is 11.8 Å². The minimum Gasteiger partial charge on any atom is -0.390 e. The van der Waals surface area contributed by atoms with Gasteiger partial charge in [-0.2, -0.15) is 0 Å². The second kappa shape index (κ2) is 2.76. The molecule has 0 heterocycles. The molecule has 0 aliphatic heterocycles. The summed E-state index contributed by atoms with van der Waals surface area (Å²) in [4.78, 5) is 0. The van der Waals surface area contributed by atoms with Gasteiger partial charge in [-0.15, -0.1) is 0 Å². The lowest BCUT2D eigenvalue weighted by atomic mass is 9.79. The van der Waals surface area contributed by atoms with Crippen molar-refractivity contribution in [2.24, 2.45) is 11.8 Å². The first kappa shape index (κ1) is 7.56. The Bertz CT molecular complexity index is 130. The van der Waals surface area contributed by atoms with E-state index >= 15 is 0 Å². The van der Waals surface area contributed by atoms with E-state index in [2.05, 4.69) is 0 Å². The molecule has 0 aromatic heterocycles. The SMILES string of the molecule is O[C@@H]1C[C@@H]2CCC[C@@H]2C[C@@H]1O. The maximum atomic E-state index is 9.37. The summed E-state index contributed by atoms with van der Waals surface area (Å²) in [7, 11) is 0. The van der Waals surface area contributed by atoms with Crippen molar-refractivity contribution in [3.8, 4) is 0 Å². The average molecular weight is 156 g/mol. The van der Waals surface area contributed by atoms with E-state index in [1.807, 2.05) is 0 Å². The number of aliphatic hydroxyl groups is 2. The smallest absolute Gasteiger partial charge is 0.0802 e. The summed E-state index contributed by atoms with van der Waals surface area (Å²) in [5, 5.41) is 18.7. The Morgan fingerprint density at radius 2 is 1.27 bits per heavy atom. The van der Waals surface area contributed by atoms with Crippen LogP contribution in [0.5, 0.6) is 0 Å². The van der Waals surface area contributed by atoms with Crippen LogP contribution in [0.4, 0.5) is 0 Å². The molecule has 2 fully saturated rings. The Balaban J connectivity index is 2.00. The monoisotopic (exact) mass is 156 g/mol. The van der Waals surface area contributed by atoms with Crippen LogP contribution < -0.4 is 0 Å². The molecule has 0 unspecified atom stereocenters. The van der Waals surface area contributed by atoms with Crippen LogP contribution in [0.2, 0.25) is 0 Å². The first-order valence-corrected chi connectivity index (χ1v) is 4.63. The van der Waals surface area contributed by atoms with E-state index in [1.165, 1.54) is 19.3 Å². The molecule has 2 heteroatoms. The first-order valence-electron chi connectivity index (χ1n) is 4.63. The van der Waals surface area contributed by atoms with Crippen LogP contribution in [-0.2, 0) is 0 Å². The van der Waals surface area contributed by atoms with Crippen LogP contribution in [0.25, 0.3) is 0 Å². The van der Waals surface area contributed by atoms with Crippen LogP contribution in [0.1, 0.15) is 32.1 Å². The summed E-state index contributed by atoms with van der Waals surface area (Å²) in [6.45, 7) is 0. The number of aliphatic hydroxyl groups excluding tert-OH is 2. The van der Waals surface area contributed by atoms with Crippen molar-refractivity contribution in [1.82, 2.24) is 0 Å². The topological polar surface area (TPSA) is 40.5 Å². The summed E-state index contributed by atoms with van der Waals surface area (Å²) >= 11 is 0. The van der Waals surface area contributed by atoms with Gasteiger partial charge in [0.15, 0.2) is 0 Å². The Labute approximate surface area is 67.2 Å². The minimum absolute atomic E-state index is 0.436. The molecule has 0 saturated heterocycles. The van der Waals surface area contributed by atoms with Gasteiger partial charge in [-0.1, -0.05) is 19.3 Å². The number of hydrogen-bond donors (Lipinski definition) is 2. The third-order valence-corrected chi connectivity index (χ3v) is 3.35. The van der Waals surface area contributed by atoms with Gasteiger partial charge in [0.2, 0.25) is 0 Å². The Morgan fingerprint density at radius 3 is 1.73 bits per heavy atom. The predicted octanol–water partition coefficient (Wildman–Crippen LogP) is 0.918. The van der Waals surface area contributed by atoms with E-state index in [0.717, 1.165) is 12.8 Å². The zero-order chi connectivity index (χ0) is 7.84. The van der Waals surface area contributed by atoms with E-state index in [9.17, 15) is 10.2 Å². The van der Waals surface area contributed by atoms with E-state index in [4.69, 9.17) is 0 Å². The van der Waals surface area contributed by atoms with Crippen molar-refractivity contribution in [2.75, 3.05) is 0 Å². The van der Waals surface area contributed by atoms with Gasteiger partial charge in [0.05, 0.1) is 12.2 Å². The first-order chi connectivity index (χ1) is 5.27. The maximum absolute atomic E-state index is 9.37. The molecule has 4 atom stereocenters. The minimum atomic E-state index is -0.436. The van der Waals surface area contributed by atoms with Gasteiger partial charge in [0.1, 0.15) is 0 Å². The van der Waals surface area contributed by atoms with Crippen LogP contribution in [0.15, 0.2) is 0 Å². The molecule has 0 radical (unpaired) electrons. The maximum Gasteiger partial charge on any atom is 0.0802 e. The molecule has 2 N–H and O–H groups in total. The van der Waals surface area contributed by atoms with Crippen molar-refractivity contribution in [1.29, 1.82) is 0 Å². The van der Waals surface area contributed by atoms with Gasteiger partial charge in [0, 0.05) is 0 Å². The summed E-state index contributed by atoms with van der Waals surface area (Å²) in [5.74, 6) is 1.43. The van der Waals surface area contributed by atoms with Gasteiger partial charge in [-0.3, -0.25) is 0 Å². The fourth-order valence-electron chi connectivity index (χ4n) is 2.67. The Morgan fingerprint density at radius 1 is 0.818 bits per heavy atom. The lowest BCUT2D eigenvalue weighted by molar-refractivity contribution is -0.0408. The van der Waals surface area contributed by atoms with Crippen molar-refractivity contribution in [3.05, 3.63) is 0 Å². The fourth-order valence-corrected chi connectivity index (χ4v) is 2.67. The number of hydrogen-bond acceptors (Lipinski definition) is 2. The number of fused-ring (bicyclic) bond motifs is 1. The molecule has 2 aliphatic rings. The summed E-state index contributed by atoms with van der Waals surface area (Å²) in [6, 6.07) is 0. The molecule has 2 nitrogen and oxygen atoms in total. The van der Waals surface area contributed by atoms with E-state index < -0.39 is 12.2 Å². The molecular formula is C9H16O2. The van der Waals surface area contributed by atoms with Gasteiger partial charge < -0.3 is 10.2 Å². The highest BCUT2D eigenvalue weighted by atomic mass is 16.3. The molecule has 2 saturated carbocycles. The average Bonchev–Trinajstić information content (AvgIpc) is 2.36. The molecule has 2 rings (SSSR count). The van der Waals surface area contributed by atoms with E-state index in [0.29, 0.717) is 11.8 Å². The molecule has 2 aliphatic carbocycles. The standard InChI is InChI=1S/C9H16O2/c10-8-4-6-2-1-3-7(6)5-9(8)11/h6-11H,1-5H2/t6-,7+,8+,9-. The van der Waals surface area contributed by atoms with Gasteiger partial charge >= 0.3 is 0 Å². The van der Waals surface area contributed by atoms with Crippen molar-refractivity contribution in [2.45, 2.75) is 44.3 Å².